The van der Waals surface area contributed by atoms with Crippen LogP contribution in [0.4, 0.5) is 5.88 Å². The molecule has 3 heteroatoms. The Morgan fingerprint density at radius 3 is 2.80 bits per heavy atom. The predicted octanol–water partition coefficient (Wildman–Crippen LogP) is 2.80. The van der Waals surface area contributed by atoms with E-state index in [1.165, 1.54) is 18.4 Å². The predicted molar refractivity (Wildman–Crippen MR) is 58.3 cm³/mol. The molecular formula is C12H12N2O. The monoisotopic (exact) mass is 200 g/mol. The van der Waals surface area contributed by atoms with Crippen LogP contribution in [0.25, 0.3) is 11.3 Å². The second-order valence-electron chi connectivity index (χ2n) is 4.01. The molecule has 1 aliphatic rings. The van der Waals surface area contributed by atoms with Gasteiger partial charge in [-0.1, -0.05) is 23.4 Å². The molecule has 0 spiro atoms. The SMILES string of the molecule is Nc1cc(-c2cccc(C3CC3)c2)no1. The van der Waals surface area contributed by atoms with Crippen molar-refractivity contribution in [2.45, 2.75) is 18.8 Å². The summed E-state index contributed by atoms with van der Waals surface area (Å²) in [5.41, 5.74) is 8.79. The number of nitrogens with zero attached hydrogens (tertiary/aromatic N) is 1. The lowest BCUT2D eigenvalue weighted by Crippen LogP contribution is -1.82. The van der Waals surface area contributed by atoms with Crippen molar-refractivity contribution in [3.05, 3.63) is 35.9 Å². The van der Waals surface area contributed by atoms with Crippen molar-refractivity contribution in [1.29, 1.82) is 0 Å². The van der Waals surface area contributed by atoms with Gasteiger partial charge >= 0.3 is 0 Å². The van der Waals surface area contributed by atoms with Gasteiger partial charge in [-0.2, -0.15) is 0 Å². The van der Waals surface area contributed by atoms with Crippen LogP contribution in [0, 0.1) is 0 Å². The summed E-state index contributed by atoms with van der Waals surface area (Å²) < 4.78 is 4.86. The van der Waals surface area contributed by atoms with E-state index in [2.05, 4.69) is 23.4 Å². The molecule has 3 rings (SSSR count). The van der Waals surface area contributed by atoms with E-state index in [-0.39, 0.29) is 0 Å². The summed E-state index contributed by atoms with van der Waals surface area (Å²) in [4.78, 5) is 0. The second kappa shape index (κ2) is 3.12. The first kappa shape index (κ1) is 8.53. The van der Waals surface area contributed by atoms with Gasteiger partial charge in [0, 0.05) is 11.6 Å². The highest BCUT2D eigenvalue weighted by molar-refractivity contribution is 5.62. The van der Waals surface area contributed by atoms with E-state index in [4.69, 9.17) is 10.3 Å². The molecule has 0 unspecified atom stereocenters. The van der Waals surface area contributed by atoms with E-state index in [0.29, 0.717) is 5.88 Å². The quantitative estimate of drug-likeness (QED) is 0.810. The van der Waals surface area contributed by atoms with Gasteiger partial charge in [0.05, 0.1) is 0 Å². The Morgan fingerprint density at radius 1 is 1.27 bits per heavy atom. The largest absolute Gasteiger partial charge is 0.368 e. The Kier molecular flexibility index (Phi) is 1.78. The van der Waals surface area contributed by atoms with Crippen molar-refractivity contribution in [3.8, 4) is 11.3 Å². The zero-order valence-corrected chi connectivity index (χ0v) is 8.31. The molecule has 2 aromatic rings. The van der Waals surface area contributed by atoms with Gasteiger partial charge in [0.1, 0.15) is 5.69 Å². The second-order valence-corrected chi connectivity index (χ2v) is 4.01. The standard InChI is InChI=1S/C12H12N2O/c13-12-7-11(14-15-12)10-3-1-2-9(6-10)8-4-5-8/h1-3,6-8H,4-5,13H2. The first-order valence-corrected chi connectivity index (χ1v) is 5.15. The van der Waals surface area contributed by atoms with E-state index >= 15 is 0 Å². The molecule has 2 N–H and O–H groups in total. The van der Waals surface area contributed by atoms with E-state index in [1.807, 2.05) is 6.07 Å². The highest BCUT2D eigenvalue weighted by Crippen LogP contribution is 2.41. The van der Waals surface area contributed by atoms with Crippen LogP contribution in [-0.2, 0) is 0 Å². The van der Waals surface area contributed by atoms with E-state index in [0.717, 1.165) is 17.2 Å². The molecule has 3 nitrogen and oxygen atoms in total. The number of nitrogen functional groups attached to an aromatic ring is 1. The van der Waals surface area contributed by atoms with Crippen LogP contribution in [0.5, 0.6) is 0 Å². The summed E-state index contributed by atoms with van der Waals surface area (Å²) in [6.45, 7) is 0. The van der Waals surface area contributed by atoms with Crippen molar-refractivity contribution in [1.82, 2.24) is 5.16 Å². The molecule has 0 saturated heterocycles. The molecule has 1 fully saturated rings. The number of hydrogen-bond donors (Lipinski definition) is 1. The van der Waals surface area contributed by atoms with Gasteiger partial charge in [0.15, 0.2) is 0 Å². The van der Waals surface area contributed by atoms with Crippen LogP contribution in [0.2, 0.25) is 0 Å². The normalized spacial score (nSPS) is 15.5. The van der Waals surface area contributed by atoms with Gasteiger partial charge in [0.2, 0.25) is 5.88 Å². The maximum absolute atomic E-state index is 5.50. The molecule has 1 heterocycles. The Bertz CT molecular complexity index is 486. The first-order chi connectivity index (χ1) is 7.33. The molecule has 0 aliphatic heterocycles. The maximum Gasteiger partial charge on any atom is 0.222 e. The van der Waals surface area contributed by atoms with Crippen LogP contribution in [-0.4, -0.2) is 5.16 Å². The van der Waals surface area contributed by atoms with Crippen LogP contribution >= 0.6 is 0 Å². The summed E-state index contributed by atoms with van der Waals surface area (Å²) >= 11 is 0. The summed E-state index contributed by atoms with van der Waals surface area (Å²) in [5, 5.41) is 3.91. The topological polar surface area (TPSA) is 52.0 Å². The van der Waals surface area contributed by atoms with Crippen LogP contribution in [0.3, 0.4) is 0 Å². The smallest absolute Gasteiger partial charge is 0.222 e. The van der Waals surface area contributed by atoms with Gasteiger partial charge in [-0.05, 0) is 30.4 Å². The Balaban J connectivity index is 2.00. The summed E-state index contributed by atoms with van der Waals surface area (Å²) in [6.07, 6.45) is 2.62. The van der Waals surface area contributed by atoms with Gasteiger partial charge in [-0.15, -0.1) is 0 Å². The minimum absolute atomic E-state index is 0.363. The summed E-state index contributed by atoms with van der Waals surface area (Å²) in [5.74, 6) is 1.12. The highest BCUT2D eigenvalue weighted by atomic mass is 16.5. The van der Waals surface area contributed by atoms with Gasteiger partial charge < -0.3 is 10.3 Å². The molecule has 0 bridgehead atoms. The van der Waals surface area contributed by atoms with E-state index in [1.54, 1.807) is 6.07 Å². The lowest BCUT2D eigenvalue weighted by molar-refractivity contribution is 0.439. The number of aromatic nitrogens is 1. The highest BCUT2D eigenvalue weighted by Gasteiger charge is 2.23. The molecule has 15 heavy (non-hydrogen) atoms. The fraction of sp³-hybridized carbons (Fsp3) is 0.250. The minimum Gasteiger partial charge on any atom is -0.368 e. The number of anilines is 1. The van der Waals surface area contributed by atoms with Crippen molar-refractivity contribution in [2.75, 3.05) is 5.73 Å². The molecule has 1 aromatic heterocycles. The summed E-state index contributed by atoms with van der Waals surface area (Å²) in [6, 6.07) is 10.2. The summed E-state index contributed by atoms with van der Waals surface area (Å²) in [7, 11) is 0. The number of rotatable bonds is 2. The van der Waals surface area contributed by atoms with E-state index in [9.17, 15) is 0 Å². The van der Waals surface area contributed by atoms with Gasteiger partial charge in [-0.3, -0.25) is 0 Å². The number of nitrogens with two attached hydrogens (primary N) is 1. The molecule has 0 atom stereocenters. The number of hydrogen-bond acceptors (Lipinski definition) is 3. The molecule has 76 valence electrons. The average Bonchev–Trinajstić information content (AvgIpc) is 3.02. The third kappa shape index (κ3) is 1.61. The fourth-order valence-electron chi connectivity index (χ4n) is 1.79. The Morgan fingerprint density at radius 2 is 2.13 bits per heavy atom. The molecular weight excluding hydrogens is 188 g/mol. The third-order valence-corrected chi connectivity index (χ3v) is 2.76. The van der Waals surface area contributed by atoms with Crippen molar-refractivity contribution in [3.63, 3.8) is 0 Å². The van der Waals surface area contributed by atoms with Gasteiger partial charge in [0.25, 0.3) is 0 Å². The van der Waals surface area contributed by atoms with E-state index < -0.39 is 0 Å². The minimum atomic E-state index is 0.363. The molecule has 0 amide bonds. The zero-order chi connectivity index (χ0) is 10.3. The van der Waals surface area contributed by atoms with Crippen molar-refractivity contribution < 1.29 is 4.52 Å². The van der Waals surface area contributed by atoms with Crippen LogP contribution < -0.4 is 5.73 Å². The average molecular weight is 200 g/mol. The van der Waals surface area contributed by atoms with Gasteiger partial charge in [-0.25, -0.2) is 0 Å². The van der Waals surface area contributed by atoms with Crippen molar-refractivity contribution >= 4 is 5.88 Å². The third-order valence-electron chi connectivity index (χ3n) is 2.76. The fourth-order valence-corrected chi connectivity index (χ4v) is 1.79. The van der Waals surface area contributed by atoms with Crippen LogP contribution in [0.15, 0.2) is 34.9 Å². The maximum atomic E-state index is 5.50. The number of benzene rings is 1. The first-order valence-electron chi connectivity index (χ1n) is 5.15. The lowest BCUT2D eigenvalue weighted by atomic mass is 10.1. The molecule has 1 saturated carbocycles. The van der Waals surface area contributed by atoms with Crippen LogP contribution in [0.1, 0.15) is 24.3 Å². The molecule has 1 aliphatic carbocycles. The lowest BCUT2D eigenvalue weighted by Gasteiger charge is -2.00. The molecule has 0 radical (unpaired) electrons. The Labute approximate surface area is 87.9 Å². The molecule has 1 aromatic carbocycles. The zero-order valence-electron chi connectivity index (χ0n) is 8.31. The Hall–Kier alpha value is -1.77. The van der Waals surface area contributed by atoms with Crippen molar-refractivity contribution in [2.24, 2.45) is 0 Å².